The van der Waals surface area contributed by atoms with E-state index in [9.17, 15) is 32.9 Å². The second-order valence-electron chi connectivity index (χ2n) is 5.42. The number of fused-ring (bicyclic) bond motifs is 1. The molecule has 0 saturated carbocycles. The van der Waals surface area contributed by atoms with Crippen molar-refractivity contribution < 1.29 is 27.3 Å². The number of hydrogen-bond acceptors (Lipinski definition) is 5. The van der Waals surface area contributed by atoms with Crippen LogP contribution in [0.25, 0.3) is 11.0 Å². The van der Waals surface area contributed by atoms with Crippen molar-refractivity contribution in [1.29, 1.82) is 0 Å². The normalized spacial score (nSPS) is 11.4. The predicted octanol–water partition coefficient (Wildman–Crippen LogP) is 3.97. The third-order valence-corrected chi connectivity index (χ3v) is 3.65. The van der Waals surface area contributed by atoms with Gasteiger partial charge in [-0.1, -0.05) is 18.2 Å². The zero-order valence-electron chi connectivity index (χ0n) is 13.2. The molecule has 0 radical (unpaired) electrons. The molecule has 1 amide bonds. The first-order chi connectivity index (χ1) is 12.7. The van der Waals surface area contributed by atoms with E-state index in [0.29, 0.717) is 11.5 Å². The summed E-state index contributed by atoms with van der Waals surface area (Å²) in [6, 6.07) is 9.35. The van der Waals surface area contributed by atoms with E-state index in [1.807, 2.05) is 5.32 Å². The number of amides is 1. The van der Waals surface area contributed by atoms with Crippen molar-refractivity contribution in [2.45, 2.75) is 6.18 Å². The molecular weight excluding hydrogens is 369 g/mol. The summed E-state index contributed by atoms with van der Waals surface area (Å²) in [5.74, 6) is -1.13. The Morgan fingerprint density at radius 3 is 2.48 bits per heavy atom. The molecule has 0 atom stereocenters. The number of nitro groups is 1. The number of non-ortho nitro benzene ring substituents is 1. The molecule has 0 unspecified atom stereocenters. The van der Waals surface area contributed by atoms with Gasteiger partial charge in [-0.25, -0.2) is 4.79 Å². The number of carbonyl (C=O) groups is 1. The molecule has 3 rings (SSSR count). The quantitative estimate of drug-likeness (QED) is 0.422. The average molecular weight is 378 g/mol. The molecule has 0 aliphatic heterocycles. The predicted molar refractivity (Wildman–Crippen MR) is 88.5 cm³/mol. The van der Waals surface area contributed by atoms with Gasteiger partial charge in [0.1, 0.15) is 11.1 Å². The number of benzene rings is 2. The van der Waals surface area contributed by atoms with Gasteiger partial charge in [-0.05, 0) is 18.2 Å². The average Bonchev–Trinajstić information content (AvgIpc) is 2.60. The second kappa shape index (κ2) is 6.56. The fraction of sp³-hybridized carbons (Fsp3) is 0.0588. The molecule has 2 aromatic carbocycles. The van der Waals surface area contributed by atoms with Crippen LogP contribution in [-0.2, 0) is 6.18 Å². The Bertz CT molecular complexity index is 1120. The Hall–Kier alpha value is -3.69. The molecule has 7 nitrogen and oxygen atoms in total. The van der Waals surface area contributed by atoms with Crippen LogP contribution < -0.4 is 10.9 Å². The molecule has 1 aromatic heterocycles. The summed E-state index contributed by atoms with van der Waals surface area (Å²) in [5.41, 5.74) is -4.22. The largest absolute Gasteiger partial charge is 0.422 e. The van der Waals surface area contributed by atoms with Crippen LogP contribution in [0.15, 0.2) is 57.7 Å². The minimum absolute atomic E-state index is 0.213. The first-order valence-electron chi connectivity index (χ1n) is 7.36. The van der Waals surface area contributed by atoms with Gasteiger partial charge in [-0.3, -0.25) is 14.9 Å². The van der Waals surface area contributed by atoms with Gasteiger partial charge in [-0.2, -0.15) is 13.2 Å². The smallest absolute Gasteiger partial charge is 0.418 e. The van der Waals surface area contributed by atoms with E-state index in [1.54, 1.807) is 18.2 Å². The number of nitrogens with one attached hydrogen (secondary N) is 1. The Morgan fingerprint density at radius 2 is 1.81 bits per heavy atom. The lowest BCUT2D eigenvalue weighted by molar-refractivity contribution is -0.385. The van der Waals surface area contributed by atoms with Crippen LogP contribution in [0.1, 0.15) is 15.9 Å². The van der Waals surface area contributed by atoms with E-state index in [-0.39, 0.29) is 5.58 Å². The Balaban J connectivity index is 2.02. The third-order valence-electron chi connectivity index (χ3n) is 3.65. The molecule has 0 aliphatic carbocycles. The van der Waals surface area contributed by atoms with Gasteiger partial charge >= 0.3 is 11.8 Å². The van der Waals surface area contributed by atoms with Crippen molar-refractivity contribution in [3.8, 4) is 0 Å². The van der Waals surface area contributed by atoms with Gasteiger partial charge in [-0.15, -0.1) is 0 Å². The van der Waals surface area contributed by atoms with Crippen LogP contribution >= 0.6 is 0 Å². The zero-order valence-corrected chi connectivity index (χ0v) is 13.2. The highest BCUT2D eigenvalue weighted by atomic mass is 19.4. The van der Waals surface area contributed by atoms with Crippen LogP contribution in [0.3, 0.4) is 0 Å². The summed E-state index contributed by atoms with van der Waals surface area (Å²) in [7, 11) is 0. The molecule has 27 heavy (non-hydrogen) atoms. The van der Waals surface area contributed by atoms with Crippen molar-refractivity contribution in [1.82, 2.24) is 0 Å². The number of anilines is 1. The molecular formula is C17H9F3N2O5. The summed E-state index contributed by atoms with van der Waals surface area (Å²) in [6.07, 6.45) is -4.96. The summed E-state index contributed by atoms with van der Waals surface area (Å²) < 4.78 is 44.5. The molecule has 10 heteroatoms. The van der Waals surface area contributed by atoms with Crippen LogP contribution in [0.5, 0.6) is 0 Å². The highest BCUT2D eigenvalue weighted by Crippen LogP contribution is 2.37. The zero-order chi connectivity index (χ0) is 19.8. The molecule has 0 bridgehead atoms. The van der Waals surface area contributed by atoms with Crippen molar-refractivity contribution >= 4 is 28.3 Å². The SMILES string of the molecule is O=C(Nc1ccc([N+](=O)[O-])cc1C(F)(F)F)c1cc2ccccc2oc1=O. The fourth-order valence-corrected chi connectivity index (χ4v) is 2.40. The fourth-order valence-electron chi connectivity index (χ4n) is 2.40. The van der Waals surface area contributed by atoms with E-state index in [2.05, 4.69) is 0 Å². The first kappa shape index (κ1) is 18.1. The molecule has 0 spiro atoms. The maximum Gasteiger partial charge on any atom is 0.418 e. The Morgan fingerprint density at radius 1 is 1.11 bits per heavy atom. The van der Waals surface area contributed by atoms with Crippen LogP contribution in [0.4, 0.5) is 24.5 Å². The van der Waals surface area contributed by atoms with Gasteiger partial charge in [0.2, 0.25) is 0 Å². The van der Waals surface area contributed by atoms with Gasteiger partial charge in [0.15, 0.2) is 0 Å². The van der Waals surface area contributed by atoms with Crippen LogP contribution in [-0.4, -0.2) is 10.8 Å². The van der Waals surface area contributed by atoms with Crippen molar-refractivity contribution in [3.63, 3.8) is 0 Å². The van der Waals surface area contributed by atoms with E-state index in [1.165, 1.54) is 12.1 Å². The maximum atomic E-state index is 13.2. The number of nitro benzene ring substituents is 1. The number of halogens is 3. The summed E-state index contributed by atoms with van der Waals surface area (Å²) in [6.45, 7) is 0. The molecule has 3 aromatic rings. The topological polar surface area (TPSA) is 102 Å². The molecule has 1 N–H and O–H groups in total. The molecule has 0 fully saturated rings. The monoisotopic (exact) mass is 378 g/mol. The number of rotatable bonds is 3. The van der Waals surface area contributed by atoms with Crippen LogP contribution in [0.2, 0.25) is 0 Å². The highest BCUT2D eigenvalue weighted by molar-refractivity contribution is 6.05. The van der Waals surface area contributed by atoms with Gasteiger partial charge in [0.25, 0.3) is 11.6 Å². The number of nitrogens with zero attached hydrogens (tertiary/aromatic N) is 1. The van der Waals surface area contributed by atoms with E-state index in [4.69, 9.17) is 4.42 Å². The number of alkyl halides is 3. The van der Waals surface area contributed by atoms with Gasteiger partial charge in [0, 0.05) is 17.5 Å². The summed E-state index contributed by atoms with van der Waals surface area (Å²) in [5, 5.41) is 13.1. The minimum Gasteiger partial charge on any atom is -0.422 e. The second-order valence-corrected chi connectivity index (χ2v) is 5.42. The number of hydrogen-bond donors (Lipinski definition) is 1. The Labute approximate surface area is 148 Å². The number of carbonyl (C=O) groups excluding carboxylic acids is 1. The lowest BCUT2D eigenvalue weighted by atomic mass is 10.1. The van der Waals surface area contributed by atoms with Crippen molar-refractivity contribution in [2.24, 2.45) is 0 Å². The minimum atomic E-state index is -4.96. The van der Waals surface area contributed by atoms with Crippen molar-refractivity contribution in [3.05, 3.63) is 80.2 Å². The molecule has 0 saturated heterocycles. The van der Waals surface area contributed by atoms with E-state index < -0.39 is 45.1 Å². The lowest BCUT2D eigenvalue weighted by Crippen LogP contribution is -2.22. The van der Waals surface area contributed by atoms with Crippen molar-refractivity contribution in [2.75, 3.05) is 5.32 Å². The first-order valence-corrected chi connectivity index (χ1v) is 7.36. The Kier molecular flexibility index (Phi) is 4.40. The summed E-state index contributed by atoms with van der Waals surface area (Å²) in [4.78, 5) is 34.0. The summed E-state index contributed by atoms with van der Waals surface area (Å²) >= 11 is 0. The van der Waals surface area contributed by atoms with E-state index >= 15 is 0 Å². The lowest BCUT2D eigenvalue weighted by Gasteiger charge is -2.13. The molecule has 0 aliphatic rings. The standard InChI is InChI=1S/C17H9F3N2O5/c18-17(19,20)12-8-10(22(25)26)5-6-13(12)21-15(23)11-7-9-3-1-2-4-14(9)27-16(11)24/h1-8H,(H,21,23). The highest BCUT2D eigenvalue weighted by Gasteiger charge is 2.36. The molecule has 138 valence electrons. The number of para-hydroxylation sites is 1. The van der Waals surface area contributed by atoms with Gasteiger partial charge < -0.3 is 9.73 Å². The molecule has 1 heterocycles. The maximum absolute atomic E-state index is 13.2. The van der Waals surface area contributed by atoms with E-state index in [0.717, 1.165) is 12.1 Å². The van der Waals surface area contributed by atoms with Crippen LogP contribution in [0, 0.1) is 10.1 Å². The third kappa shape index (κ3) is 3.64. The van der Waals surface area contributed by atoms with Gasteiger partial charge in [0.05, 0.1) is 16.2 Å².